The summed E-state index contributed by atoms with van der Waals surface area (Å²) in [5.41, 5.74) is 1.11. The number of ketones is 1. The molecule has 0 fully saturated rings. The molecule has 0 aliphatic carbocycles. The van der Waals surface area contributed by atoms with E-state index in [4.69, 9.17) is 9.47 Å². The van der Waals surface area contributed by atoms with Crippen molar-refractivity contribution in [1.29, 1.82) is 0 Å². The van der Waals surface area contributed by atoms with Gasteiger partial charge in [0, 0.05) is 11.1 Å². The van der Waals surface area contributed by atoms with Crippen LogP contribution in [0.15, 0.2) is 84.9 Å². The summed E-state index contributed by atoms with van der Waals surface area (Å²) in [5.74, 6) is -0.0385. The van der Waals surface area contributed by atoms with Crippen LogP contribution in [0.5, 0.6) is 5.75 Å². The van der Waals surface area contributed by atoms with Crippen molar-refractivity contribution in [3.05, 3.63) is 102 Å². The molecule has 3 rings (SSSR count). The summed E-state index contributed by atoms with van der Waals surface area (Å²) in [6.07, 6.45) is 0. The van der Waals surface area contributed by atoms with Gasteiger partial charge >= 0.3 is 5.97 Å². The van der Waals surface area contributed by atoms with Gasteiger partial charge in [-0.2, -0.15) is 0 Å². The Bertz CT molecular complexity index is 873. The van der Waals surface area contributed by atoms with E-state index >= 15 is 0 Å². The number of rotatable bonds is 7. The van der Waals surface area contributed by atoms with Crippen LogP contribution in [0.25, 0.3) is 0 Å². The molecule has 3 aromatic carbocycles. The van der Waals surface area contributed by atoms with Gasteiger partial charge in [0.05, 0.1) is 5.56 Å². The Morgan fingerprint density at radius 1 is 0.654 bits per heavy atom. The smallest absolute Gasteiger partial charge is 0.339 e. The predicted octanol–water partition coefficient (Wildman–Crippen LogP) is 4.15. The maximum Gasteiger partial charge on any atom is 0.339 e. The zero-order valence-corrected chi connectivity index (χ0v) is 14.1. The predicted molar refractivity (Wildman–Crippen MR) is 98.5 cm³/mol. The SMILES string of the molecule is O=C(OCCOc1ccccc1)c1ccccc1C(=O)c1ccccc1. The minimum Gasteiger partial charge on any atom is -0.490 e. The molecule has 0 saturated carbocycles. The van der Waals surface area contributed by atoms with Gasteiger partial charge < -0.3 is 9.47 Å². The van der Waals surface area contributed by atoms with Crippen LogP contribution in [-0.2, 0) is 4.74 Å². The van der Waals surface area contributed by atoms with Crippen LogP contribution in [0.2, 0.25) is 0 Å². The molecule has 0 N–H and O–H groups in total. The fourth-order valence-corrected chi connectivity index (χ4v) is 2.49. The van der Waals surface area contributed by atoms with Gasteiger partial charge in [-0.1, -0.05) is 66.7 Å². The average Bonchev–Trinajstić information content (AvgIpc) is 2.72. The molecule has 0 aliphatic heterocycles. The minimum absolute atomic E-state index is 0.0988. The first-order valence-corrected chi connectivity index (χ1v) is 8.29. The average molecular weight is 346 g/mol. The number of ether oxygens (including phenoxy) is 2. The Kier molecular flexibility index (Phi) is 5.78. The van der Waals surface area contributed by atoms with E-state index in [0.717, 1.165) is 0 Å². The largest absolute Gasteiger partial charge is 0.490 e. The molecular formula is C22H18O4. The molecule has 0 amide bonds. The Morgan fingerprint density at radius 3 is 1.92 bits per heavy atom. The van der Waals surface area contributed by atoms with Crippen molar-refractivity contribution in [2.75, 3.05) is 13.2 Å². The van der Waals surface area contributed by atoms with Crippen molar-refractivity contribution in [2.45, 2.75) is 0 Å². The van der Waals surface area contributed by atoms with E-state index in [-0.39, 0.29) is 24.6 Å². The second-order valence-electron chi connectivity index (χ2n) is 5.54. The van der Waals surface area contributed by atoms with Crippen molar-refractivity contribution in [1.82, 2.24) is 0 Å². The van der Waals surface area contributed by atoms with Crippen LogP contribution in [-0.4, -0.2) is 25.0 Å². The van der Waals surface area contributed by atoms with E-state index < -0.39 is 5.97 Å². The summed E-state index contributed by atoms with van der Waals surface area (Å²) in [7, 11) is 0. The van der Waals surface area contributed by atoms with E-state index in [1.165, 1.54) is 0 Å². The molecule has 0 unspecified atom stereocenters. The van der Waals surface area contributed by atoms with Crippen LogP contribution in [0.1, 0.15) is 26.3 Å². The summed E-state index contributed by atoms with van der Waals surface area (Å²) in [6, 6.07) is 24.8. The highest BCUT2D eigenvalue weighted by Gasteiger charge is 2.18. The Balaban J connectivity index is 1.63. The van der Waals surface area contributed by atoms with E-state index in [1.54, 1.807) is 48.5 Å². The lowest BCUT2D eigenvalue weighted by Gasteiger charge is -2.10. The van der Waals surface area contributed by atoms with Crippen LogP contribution < -0.4 is 4.74 Å². The molecule has 0 aromatic heterocycles. The first kappa shape index (κ1) is 17.4. The second-order valence-corrected chi connectivity index (χ2v) is 5.54. The number of esters is 1. The highest BCUT2D eigenvalue weighted by molar-refractivity contribution is 6.14. The second kappa shape index (κ2) is 8.62. The maximum absolute atomic E-state index is 12.7. The molecule has 3 aromatic rings. The van der Waals surface area contributed by atoms with Gasteiger partial charge in [-0.25, -0.2) is 4.79 Å². The lowest BCUT2D eigenvalue weighted by Crippen LogP contribution is -2.16. The molecule has 0 aliphatic rings. The van der Waals surface area contributed by atoms with Gasteiger partial charge in [-0.05, 0) is 18.2 Å². The third kappa shape index (κ3) is 4.36. The van der Waals surface area contributed by atoms with E-state index in [9.17, 15) is 9.59 Å². The maximum atomic E-state index is 12.7. The molecule has 0 heterocycles. The number of carbonyl (C=O) groups excluding carboxylic acids is 2. The quantitative estimate of drug-likeness (QED) is 0.366. The normalized spacial score (nSPS) is 10.2. The van der Waals surface area contributed by atoms with Crippen LogP contribution in [0, 0.1) is 0 Å². The molecule has 130 valence electrons. The third-order valence-corrected chi connectivity index (χ3v) is 3.76. The Morgan fingerprint density at radius 2 is 1.23 bits per heavy atom. The standard InChI is InChI=1S/C22H18O4/c23-21(17-9-3-1-4-10-17)19-13-7-8-14-20(19)22(24)26-16-15-25-18-11-5-2-6-12-18/h1-14H,15-16H2. The molecule has 0 spiro atoms. The first-order chi connectivity index (χ1) is 12.8. The van der Waals surface area contributed by atoms with Crippen molar-refractivity contribution < 1.29 is 19.1 Å². The third-order valence-electron chi connectivity index (χ3n) is 3.76. The van der Waals surface area contributed by atoms with Crippen molar-refractivity contribution >= 4 is 11.8 Å². The van der Waals surface area contributed by atoms with Gasteiger partial charge in [-0.3, -0.25) is 4.79 Å². The molecule has 0 radical (unpaired) electrons. The van der Waals surface area contributed by atoms with E-state index in [0.29, 0.717) is 16.9 Å². The lowest BCUT2D eigenvalue weighted by molar-refractivity contribution is 0.0448. The topological polar surface area (TPSA) is 52.6 Å². The summed E-state index contributed by atoms with van der Waals surface area (Å²) in [5, 5.41) is 0. The summed E-state index contributed by atoms with van der Waals surface area (Å²) >= 11 is 0. The molecule has 26 heavy (non-hydrogen) atoms. The zero-order chi connectivity index (χ0) is 18.2. The fourth-order valence-electron chi connectivity index (χ4n) is 2.49. The number of hydrogen-bond donors (Lipinski definition) is 0. The number of benzene rings is 3. The van der Waals surface area contributed by atoms with E-state index in [1.807, 2.05) is 36.4 Å². The minimum atomic E-state index is -0.540. The molecule has 4 nitrogen and oxygen atoms in total. The van der Waals surface area contributed by atoms with Crippen LogP contribution in [0.4, 0.5) is 0 Å². The Hall–Kier alpha value is -3.40. The summed E-state index contributed by atoms with van der Waals surface area (Å²) < 4.78 is 10.8. The van der Waals surface area contributed by atoms with Crippen LogP contribution >= 0.6 is 0 Å². The molecule has 0 bridgehead atoms. The van der Waals surface area contributed by atoms with Crippen molar-refractivity contribution in [2.24, 2.45) is 0 Å². The van der Waals surface area contributed by atoms with Crippen molar-refractivity contribution in [3.8, 4) is 5.75 Å². The van der Waals surface area contributed by atoms with E-state index in [2.05, 4.69) is 0 Å². The van der Waals surface area contributed by atoms with Gasteiger partial charge in [0.2, 0.25) is 0 Å². The Labute approximate surface area is 152 Å². The molecule has 4 heteroatoms. The summed E-state index contributed by atoms with van der Waals surface area (Å²) in [6.45, 7) is 0.339. The zero-order valence-electron chi connectivity index (χ0n) is 14.1. The number of hydrogen-bond acceptors (Lipinski definition) is 4. The number of carbonyl (C=O) groups is 2. The summed E-state index contributed by atoms with van der Waals surface area (Å²) in [4.78, 5) is 25.0. The van der Waals surface area contributed by atoms with Gasteiger partial charge in [0.15, 0.2) is 5.78 Å². The van der Waals surface area contributed by atoms with Crippen LogP contribution in [0.3, 0.4) is 0 Å². The molecular weight excluding hydrogens is 328 g/mol. The first-order valence-electron chi connectivity index (χ1n) is 8.29. The van der Waals surface area contributed by atoms with Gasteiger partial charge in [-0.15, -0.1) is 0 Å². The van der Waals surface area contributed by atoms with Gasteiger partial charge in [0.25, 0.3) is 0 Å². The highest BCUT2D eigenvalue weighted by Crippen LogP contribution is 2.16. The molecule has 0 atom stereocenters. The molecule has 0 saturated heterocycles. The number of para-hydroxylation sites is 1. The highest BCUT2D eigenvalue weighted by atomic mass is 16.6. The van der Waals surface area contributed by atoms with Crippen molar-refractivity contribution in [3.63, 3.8) is 0 Å². The monoisotopic (exact) mass is 346 g/mol. The fraction of sp³-hybridized carbons (Fsp3) is 0.0909. The lowest BCUT2D eigenvalue weighted by atomic mass is 9.98. The van der Waals surface area contributed by atoms with Gasteiger partial charge in [0.1, 0.15) is 19.0 Å².